The van der Waals surface area contributed by atoms with Crippen molar-refractivity contribution >= 4 is 0 Å². The van der Waals surface area contributed by atoms with Gasteiger partial charge in [0.1, 0.15) is 0 Å². The van der Waals surface area contributed by atoms with Crippen molar-refractivity contribution in [2.45, 2.75) is 71.9 Å². The summed E-state index contributed by atoms with van der Waals surface area (Å²) < 4.78 is 1.98. The zero-order chi connectivity index (χ0) is 14.9. The summed E-state index contributed by atoms with van der Waals surface area (Å²) in [6.45, 7) is 11.0. The second kappa shape index (κ2) is 5.88. The van der Waals surface area contributed by atoms with Gasteiger partial charge in [-0.3, -0.25) is 4.68 Å². The van der Waals surface area contributed by atoms with E-state index in [2.05, 4.69) is 45.8 Å². The van der Waals surface area contributed by atoms with E-state index < -0.39 is 5.60 Å². The standard InChI is InChI=1S/C17H30N2O/c1-12(2)16-7-6-14(5)10-17(16,20)11-15-8-9-19(18-15)13(3)4/h8-9,12-14,16,20H,6-7,10-11H2,1-5H3. The summed E-state index contributed by atoms with van der Waals surface area (Å²) in [5.74, 6) is 1.53. The van der Waals surface area contributed by atoms with Gasteiger partial charge in [-0.1, -0.05) is 27.2 Å². The minimum atomic E-state index is -0.581. The van der Waals surface area contributed by atoms with Gasteiger partial charge in [0.15, 0.2) is 0 Å². The Morgan fingerprint density at radius 1 is 1.35 bits per heavy atom. The van der Waals surface area contributed by atoms with Crippen LogP contribution in [0.3, 0.4) is 0 Å². The second-order valence-electron chi connectivity index (χ2n) is 7.40. The third kappa shape index (κ3) is 3.25. The van der Waals surface area contributed by atoms with Gasteiger partial charge in [0.2, 0.25) is 0 Å². The maximum Gasteiger partial charge on any atom is 0.0736 e. The fourth-order valence-corrected chi connectivity index (χ4v) is 3.82. The fourth-order valence-electron chi connectivity index (χ4n) is 3.82. The number of hydrogen-bond donors (Lipinski definition) is 1. The summed E-state index contributed by atoms with van der Waals surface area (Å²) in [5, 5.41) is 15.8. The molecular formula is C17H30N2O. The van der Waals surface area contributed by atoms with Crippen LogP contribution in [0.2, 0.25) is 0 Å². The number of rotatable bonds is 4. The molecule has 20 heavy (non-hydrogen) atoms. The number of aliphatic hydroxyl groups is 1. The van der Waals surface area contributed by atoms with Gasteiger partial charge >= 0.3 is 0 Å². The first kappa shape index (κ1) is 15.6. The minimum absolute atomic E-state index is 0.379. The van der Waals surface area contributed by atoms with Crippen molar-refractivity contribution in [2.75, 3.05) is 0 Å². The van der Waals surface area contributed by atoms with Gasteiger partial charge in [-0.25, -0.2) is 0 Å². The maximum atomic E-state index is 11.2. The second-order valence-corrected chi connectivity index (χ2v) is 7.40. The molecule has 3 unspecified atom stereocenters. The molecule has 1 heterocycles. The zero-order valence-electron chi connectivity index (χ0n) is 13.6. The van der Waals surface area contributed by atoms with Crippen molar-refractivity contribution in [1.82, 2.24) is 9.78 Å². The molecule has 1 saturated carbocycles. The Balaban J connectivity index is 2.17. The Labute approximate surface area is 123 Å². The molecule has 1 fully saturated rings. The molecular weight excluding hydrogens is 248 g/mol. The summed E-state index contributed by atoms with van der Waals surface area (Å²) in [7, 11) is 0. The Hall–Kier alpha value is -0.830. The highest BCUT2D eigenvalue weighted by atomic mass is 16.3. The Morgan fingerprint density at radius 2 is 2.05 bits per heavy atom. The highest BCUT2D eigenvalue weighted by Gasteiger charge is 2.43. The predicted octanol–water partition coefficient (Wildman–Crippen LogP) is 3.83. The van der Waals surface area contributed by atoms with Gasteiger partial charge in [0.25, 0.3) is 0 Å². The van der Waals surface area contributed by atoms with E-state index in [0.29, 0.717) is 30.2 Å². The molecule has 3 heteroatoms. The molecule has 0 spiro atoms. The normalized spacial score (nSPS) is 31.2. The van der Waals surface area contributed by atoms with Crippen LogP contribution in [0.4, 0.5) is 0 Å². The van der Waals surface area contributed by atoms with Gasteiger partial charge in [-0.2, -0.15) is 5.10 Å². The fraction of sp³-hybridized carbons (Fsp3) is 0.824. The van der Waals surface area contributed by atoms with Crippen molar-refractivity contribution in [3.63, 3.8) is 0 Å². The summed E-state index contributed by atoms with van der Waals surface area (Å²) >= 11 is 0. The van der Waals surface area contributed by atoms with Crippen LogP contribution in [0.15, 0.2) is 12.3 Å². The molecule has 3 atom stereocenters. The third-order valence-electron chi connectivity index (χ3n) is 4.85. The van der Waals surface area contributed by atoms with Crippen LogP contribution in [0.1, 0.15) is 65.6 Å². The van der Waals surface area contributed by atoms with Crippen LogP contribution < -0.4 is 0 Å². The van der Waals surface area contributed by atoms with Crippen LogP contribution in [-0.2, 0) is 6.42 Å². The molecule has 0 aromatic carbocycles. The first-order valence-electron chi connectivity index (χ1n) is 8.08. The third-order valence-corrected chi connectivity index (χ3v) is 4.85. The van der Waals surface area contributed by atoms with Crippen molar-refractivity contribution in [3.05, 3.63) is 18.0 Å². The quantitative estimate of drug-likeness (QED) is 0.909. The van der Waals surface area contributed by atoms with Crippen molar-refractivity contribution in [2.24, 2.45) is 17.8 Å². The molecule has 1 N–H and O–H groups in total. The summed E-state index contributed by atoms with van der Waals surface area (Å²) in [5.41, 5.74) is 0.447. The van der Waals surface area contributed by atoms with Crippen molar-refractivity contribution in [1.29, 1.82) is 0 Å². The van der Waals surface area contributed by atoms with Crippen LogP contribution in [0.5, 0.6) is 0 Å². The van der Waals surface area contributed by atoms with Gasteiger partial charge in [-0.15, -0.1) is 0 Å². The lowest BCUT2D eigenvalue weighted by Gasteiger charge is -2.44. The largest absolute Gasteiger partial charge is 0.389 e. The maximum absolute atomic E-state index is 11.2. The van der Waals surface area contributed by atoms with Gasteiger partial charge < -0.3 is 5.11 Å². The lowest BCUT2D eigenvalue weighted by molar-refractivity contribution is -0.0801. The van der Waals surface area contributed by atoms with Crippen molar-refractivity contribution in [3.8, 4) is 0 Å². The lowest BCUT2D eigenvalue weighted by atomic mass is 9.65. The summed E-state index contributed by atoms with van der Waals surface area (Å²) in [6.07, 6.45) is 6.01. The first-order chi connectivity index (χ1) is 9.32. The average Bonchev–Trinajstić information content (AvgIpc) is 2.76. The number of hydrogen-bond acceptors (Lipinski definition) is 2. The van der Waals surface area contributed by atoms with Crippen molar-refractivity contribution < 1.29 is 5.11 Å². The van der Waals surface area contributed by atoms with Gasteiger partial charge in [0.05, 0.1) is 11.3 Å². The van der Waals surface area contributed by atoms with E-state index in [9.17, 15) is 5.11 Å². The summed E-state index contributed by atoms with van der Waals surface area (Å²) in [4.78, 5) is 0. The van der Waals surface area contributed by atoms with E-state index >= 15 is 0 Å². The van der Waals surface area contributed by atoms with Gasteiger partial charge in [-0.05, 0) is 50.5 Å². The first-order valence-corrected chi connectivity index (χ1v) is 8.08. The molecule has 0 radical (unpaired) electrons. The van der Waals surface area contributed by atoms with E-state index in [1.807, 2.05) is 10.9 Å². The predicted molar refractivity (Wildman–Crippen MR) is 82.6 cm³/mol. The SMILES string of the molecule is CC1CCC(C(C)C)C(O)(Cc2ccn(C(C)C)n2)C1. The topological polar surface area (TPSA) is 38.0 Å². The molecule has 0 amide bonds. The molecule has 114 valence electrons. The molecule has 0 aliphatic heterocycles. The van der Waals surface area contributed by atoms with Crippen LogP contribution in [-0.4, -0.2) is 20.5 Å². The Morgan fingerprint density at radius 3 is 2.60 bits per heavy atom. The van der Waals surface area contributed by atoms with E-state index in [1.165, 1.54) is 6.42 Å². The molecule has 2 rings (SSSR count). The van der Waals surface area contributed by atoms with Gasteiger partial charge in [0, 0.05) is 18.7 Å². The molecule has 1 aromatic rings. The molecule has 0 bridgehead atoms. The molecule has 3 nitrogen and oxygen atoms in total. The zero-order valence-corrected chi connectivity index (χ0v) is 13.6. The Bertz CT molecular complexity index is 438. The number of nitrogens with zero attached hydrogens (tertiary/aromatic N) is 2. The van der Waals surface area contributed by atoms with E-state index in [0.717, 1.165) is 18.5 Å². The van der Waals surface area contributed by atoms with Crippen LogP contribution in [0.25, 0.3) is 0 Å². The minimum Gasteiger partial charge on any atom is -0.389 e. The van der Waals surface area contributed by atoms with Crippen LogP contribution >= 0.6 is 0 Å². The highest BCUT2D eigenvalue weighted by Crippen LogP contribution is 2.42. The molecule has 1 aliphatic carbocycles. The van der Waals surface area contributed by atoms with E-state index in [4.69, 9.17) is 0 Å². The van der Waals surface area contributed by atoms with E-state index in [1.54, 1.807) is 0 Å². The molecule has 1 aliphatic rings. The lowest BCUT2D eigenvalue weighted by Crippen LogP contribution is -2.47. The number of aromatic nitrogens is 2. The monoisotopic (exact) mass is 278 g/mol. The van der Waals surface area contributed by atoms with E-state index in [-0.39, 0.29) is 0 Å². The molecule has 0 saturated heterocycles. The Kier molecular flexibility index (Phi) is 4.58. The average molecular weight is 278 g/mol. The summed E-state index contributed by atoms with van der Waals surface area (Å²) in [6, 6.07) is 2.44. The molecule has 1 aromatic heterocycles. The smallest absolute Gasteiger partial charge is 0.0736 e. The van der Waals surface area contributed by atoms with Crippen LogP contribution in [0, 0.1) is 17.8 Å². The highest BCUT2D eigenvalue weighted by molar-refractivity contribution is 5.07.